The van der Waals surface area contributed by atoms with E-state index in [2.05, 4.69) is 41.1 Å². The minimum Gasteiger partial charge on any atom is -0.333 e. The van der Waals surface area contributed by atoms with Gasteiger partial charge in [-0.1, -0.05) is 54.6 Å². The summed E-state index contributed by atoms with van der Waals surface area (Å²) in [6.45, 7) is 3.31. The Labute approximate surface area is 176 Å². The second-order valence-electron chi connectivity index (χ2n) is 6.96. The summed E-state index contributed by atoms with van der Waals surface area (Å²) in [5.74, 6) is 1.04. The molecule has 2 heterocycles. The van der Waals surface area contributed by atoms with E-state index < -0.39 is 10.2 Å². The van der Waals surface area contributed by atoms with E-state index in [1.807, 2.05) is 48.7 Å². The first-order valence-corrected chi connectivity index (χ1v) is 10.5. The van der Waals surface area contributed by atoms with Crippen molar-refractivity contribution in [3.63, 3.8) is 0 Å². The van der Waals surface area contributed by atoms with Crippen LogP contribution in [0.4, 0.5) is 0 Å². The first-order valence-electron chi connectivity index (χ1n) is 9.21. The summed E-state index contributed by atoms with van der Waals surface area (Å²) in [6.07, 6.45) is 6.14. The molecule has 0 aliphatic carbocycles. The van der Waals surface area contributed by atoms with E-state index in [4.69, 9.17) is 18.6 Å². The molecule has 2 aromatic carbocycles. The van der Waals surface area contributed by atoms with Gasteiger partial charge in [0, 0.05) is 18.3 Å². The predicted octanol–water partition coefficient (Wildman–Crippen LogP) is 0.216. The number of rotatable bonds is 3. The Morgan fingerprint density at radius 1 is 1.07 bits per heavy atom. The molecule has 0 fully saturated rings. The summed E-state index contributed by atoms with van der Waals surface area (Å²) in [7, 11) is -4.69. The Hall–Kier alpha value is -2.81. The molecular formula is C22H21ClN2O5. The van der Waals surface area contributed by atoms with Gasteiger partial charge in [-0.3, -0.25) is 9.79 Å². The largest absolute Gasteiger partial charge is 0.333 e. The van der Waals surface area contributed by atoms with Crippen molar-refractivity contribution < 1.29 is 33.7 Å². The molecule has 0 saturated carbocycles. The zero-order chi connectivity index (χ0) is 21.7. The molecule has 0 aromatic heterocycles. The summed E-state index contributed by atoms with van der Waals surface area (Å²) in [4.78, 5) is 19.5. The maximum atomic E-state index is 12.9. The highest BCUT2D eigenvalue weighted by Gasteiger charge is 2.27. The van der Waals surface area contributed by atoms with Gasteiger partial charge in [0.2, 0.25) is 0 Å². The smallest absolute Gasteiger partial charge is 0.169 e. The highest BCUT2D eigenvalue weighted by atomic mass is 35.7. The van der Waals surface area contributed by atoms with Gasteiger partial charge >= 0.3 is 0 Å². The van der Waals surface area contributed by atoms with Crippen LogP contribution in [0.25, 0.3) is 11.1 Å². The van der Waals surface area contributed by atoms with Crippen LogP contribution in [-0.4, -0.2) is 34.3 Å². The average Bonchev–Trinajstić information content (AvgIpc) is 2.72. The lowest BCUT2D eigenvalue weighted by Crippen LogP contribution is -2.58. The number of hydrogen-bond donors (Lipinski definition) is 1. The van der Waals surface area contributed by atoms with E-state index >= 15 is 0 Å². The van der Waals surface area contributed by atoms with Crippen molar-refractivity contribution in [3.8, 4) is 11.1 Å². The van der Waals surface area contributed by atoms with Crippen LogP contribution >= 0.6 is 0 Å². The van der Waals surface area contributed by atoms with Crippen molar-refractivity contribution in [2.75, 3.05) is 13.1 Å². The molecule has 1 unspecified atom stereocenters. The molecule has 8 heteroatoms. The number of halogens is 1. The molecule has 0 spiro atoms. The van der Waals surface area contributed by atoms with E-state index in [0.717, 1.165) is 22.5 Å². The van der Waals surface area contributed by atoms with Crippen LogP contribution in [0, 0.1) is 16.2 Å². The molecule has 0 amide bonds. The average molecular weight is 429 g/mol. The fourth-order valence-corrected chi connectivity index (χ4v) is 3.27. The molecule has 4 rings (SSSR count). The number of benzene rings is 2. The lowest BCUT2D eigenvalue weighted by atomic mass is 9.94. The van der Waals surface area contributed by atoms with Crippen molar-refractivity contribution >= 4 is 11.6 Å². The van der Waals surface area contributed by atoms with Gasteiger partial charge in [0.05, 0.1) is 27.4 Å². The highest BCUT2D eigenvalue weighted by molar-refractivity contribution is 6.01. The Morgan fingerprint density at radius 2 is 1.67 bits per heavy atom. The number of allylic oxidation sites excluding steroid dienone is 2. The number of carbonyl (C=O) groups is 1. The van der Waals surface area contributed by atoms with Crippen LogP contribution < -0.4 is 14.0 Å². The minimum atomic E-state index is -4.69. The van der Waals surface area contributed by atoms with Crippen LogP contribution in [0.3, 0.4) is 0 Å². The molecule has 1 N–H and O–H groups in total. The first kappa shape index (κ1) is 21.9. The zero-order valence-electron chi connectivity index (χ0n) is 16.3. The van der Waals surface area contributed by atoms with Crippen LogP contribution in [-0.2, 0) is 0 Å². The quantitative estimate of drug-likeness (QED) is 0.697. The molecule has 0 radical (unpaired) electrons. The van der Waals surface area contributed by atoms with Crippen LogP contribution in [0.5, 0.6) is 0 Å². The molecule has 156 valence electrons. The molecule has 30 heavy (non-hydrogen) atoms. The number of nitrogens with zero attached hydrogens (tertiary/aromatic N) is 2. The third kappa shape index (κ3) is 6.09. The van der Waals surface area contributed by atoms with Crippen molar-refractivity contribution in [2.45, 2.75) is 6.92 Å². The van der Waals surface area contributed by atoms with Crippen LogP contribution in [0.15, 0.2) is 83.5 Å². The van der Waals surface area contributed by atoms with Gasteiger partial charge in [-0.2, -0.15) is 14.0 Å². The van der Waals surface area contributed by atoms with Gasteiger partial charge in [-0.05, 0) is 35.8 Å². The van der Waals surface area contributed by atoms with E-state index in [0.29, 0.717) is 13.1 Å². The Bertz CT molecular complexity index is 973. The highest BCUT2D eigenvalue weighted by Crippen LogP contribution is 2.23. The van der Waals surface area contributed by atoms with Crippen LogP contribution in [0.1, 0.15) is 17.3 Å². The summed E-state index contributed by atoms with van der Waals surface area (Å²) >= 11 is 0. The first-order chi connectivity index (χ1) is 14.2. The Balaban J connectivity index is 0.000000461. The second-order valence-corrected chi connectivity index (χ2v) is 7.75. The summed E-state index contributed by atoms with van der Waals surface area (Å²) in [5.41, 5.74) is 4.24. The third-order valence-electron chi connectivity index (χ3n) is 4.71. The maximum absolute atomic E-state index is 12.9. The fourth-order valence-electron chi connectivity index (χ4n) is 3.27. The molecule has 0 saturated heterocycles. The lowest BCUT2D eigenvalue weighted by Gasteiger charge is -2.31. The Morgan fingerprint density at radius 3 is 2.30 bits per heavy atom. The number of fused-ring (bicyclic) bond motifs is 1. The van der Waals surface area contributed by atoms with Gasteiger partial charge in [-0.25, -0.2) is 0 Å². The monoisotopic (exact) mass is 428 g/mol. The fraction of sp³-hybridized carbons (Fsp3) is 0.182. The van der Waals surface area contributed by atoms with Crippen molar-refractivity contribution in [3.05, 3.63) is 84.1 Å². The number of ketones is 1. The van der Waals surface area contributed by atoms with Crippen molar-refractivity contribution in [1.82, 2.24) is 4.90 Å². The number of hydrogen-bond acceptors (Lipinski definition) is 7. The van der Waals surface area contributed by atoms with E-state index in [9.17, 15) is 4.79 Å². The van der Waals surface area contributed by atoms with Gasteiger partial charge in [0.1, 0.15) is 5.84 Å². The summed E-state index contributed by atoms with van der Waals surface area (Å²) < 4.78 is 32.7. The second kappa shape index (κ2) is 9.34. The molecule has 2 aromatic rings. The van der Waals surface area contributed by atoms with Crippen LogP contribution in [0.2, 0.25) is 0 Å². The minimum absolute atomic E-state index is 0.0946. The molecule has 7 nitrogen and oxygen atoms in total. The molecule has 0 bridgehead atoms. The Kier molecular flexibility index (Phi) is 6.81. The topological polar surface area (TPSA) is 122 Å². The van der Waals surface area contributed by atoms with Gasteiger partial charge in [0.25, 0.3) is 0 Å². The van der Waals surface area contributed by atoms with E-state index in [1.165, 1.54) is 5.57 Å². The summed E-state index contributed by atoms with van der Waals surface area (Å²) in [6, 6.07) is 18.1. The number of carbonyl (C=O) groups excluding carboxylic acids is 1. The molecule has 2 aliphatic heterocycles. The molecule has 2 aliphatic rings. The van der Waals surface area contributed by atoms with Gasteiger partial charge in [0.15, 0.2) is 5.78 Å². The third-order valence-corrected chi connectivity index (χ3v) is 4.71. The SMILES string of the molecule is CC1=CC2=NCC(C(=O)c3ccc(-c4ccccc4)cc3)CN2C=C1.[O-][Cl+3]([O-])([O-])O. The lowest BCUT2D eigenvalue weighted by molar-refractivity contribution is -1.92. The van der Waals surface area contributed by atoms with E-state index in [-0.39, 0.29) is 11.7 Å². The normalized spacial score (nSPS) is 17.9. The summed E-state index contributed by atoms with van der Waals surface area (Å²) in [5, 5.41) is 0. The zero-order valence-corrected chi connectivity index (χ0v) is 17.0. The molecule has 1 atom stereocenters. The van der Waals surface area contributed by atoms with E-state index in [1.54, 1.807) is 0 Å². The van der Waals surface area contributed by atoms with Crippen molar-refractivity contribution in [1.29, 1.82) is 0 Å². The molecular weight excluding hydrogens is 408 g/mol. The van der Waals surface area contributed by atoms with Gasteiger partial charge in [-0.15, -0.1) is 0 Å². The standard InChI is InChI=1S/C22H20N2O.ClHO4/c1-16-11-12-24-15-20(14-23-21(24)13-16)22(25)19-9-7-18(8-10-19)17-5-3-2-4-6-17;2-1(3,4)5/h2-13,20H,14-15H2,1H3;(H,2,3,4,5). The number of amidine groups is 1. The number of Topliss-reactive ketones (excluding diaryl/α,β-unsaturated/α-hetero) is 1. The predicted molar refractivity (Wildman–Crippen MR) is 104 cm³/mol. The van der Waals surface area contributed by atoms with Crippen molar-refractivity contribution in [2.24, 2.45) is 10.9 Å². The van der Waals surface area contributed by atoms with Gasteiger partial charge < -0.3 is 4.90 Å². The maximum Gasteiger partial charge on any atom is 0.169 e. The number of aliphatic imine (C=N–C) groups is 1.